The Balaban J connectivity index is 1.44. The third-order valence-electron chi connectivity index (χ3n) is 6.43. The summed E-state index contributed by atoms with van der Waals surface area (Å²) in [5, 5.41) is 3.18. The molecule has 1 N–H and O–H groups in total. The summed E-state index contributed by atoms with van der Waals surface area (Å²) >= 11 is 0. The summed E-state index contributed by atoms with van der Waals surface area (Å²) in [6.07, 6.45) is 2.67. The smallest absolute Gasteiger partial charge is 0.251 e. The van der Waals surface area contributed by atoms with Crippen molar-refractivity contribution in [1.29, 1.82) is 0 Å². The highest BCUT2D eigenvalue weighted by atomic mass is 16.5. The van der Waals surface area contributed by atoms with Gasteiger partial charge in [0.05, 0.1) is 11.7 Å². The number of nitrogens with one attached hydrogen (secondary N) is 1. The van der Waals surface area contributed by atoms with Crippen LogP contribution >= 0.6 is 0 Å². The van der Waals surface area contributed by atoms with Crippen molar-refractivity contribution in [3.8, 4) is 0 Å². The summed E-state index contributed by atoms with van der Waals surface area (Å²) in [4.78, 5) is 15.1. The Kier molecular flexibility index (Phi) is 3.92. The van der Waals surface area contributed by atoms with E-state index in [1.165, 1.54) is 6.42 Å². The lowest BCUT2D eigenvalue weighted by Crippen LogP contribution is -2.42. The highest BCUT2D eigenvalue weighted by molar-refractivity contribution is 5.95. The minimum atomic E-state index is 0.0450. The SMILES string of the molecule is Cc1ccccc1C(=O)NC[C@H]1[C@H]2CN(C(C)C)C[C@]23CC[C@H]1O3. The van der Waals surface area contributed by atoms with Gasteiger partial charge in [0.1, 0.15) is 0 Å². The molecule has 3 aliphatic heterocycles. The lowest BCUT2D eigenvalue weighted by atomic mass is 9.73. The average molecular weight is 328 g/mol. The van der Waals surface area contributed by atoms with Crippen LogP contribution in [0.25, 0.3) is 0 Å². The molecular formula is C20H28N2O2. The standard InChI is InChI=1S/C20H28N2O2/c1-13(2)22-11-17-16(18-8-9-20(17,12-22)24-18)10-21-19(23)15-7-5-4-6-14(15)3/h4-7,13,16-18H,8-12H2,1-3H3,(H,21,23)/t16-,17+,18+,20+/m0/s1. The van der Waals surface area contributed by atoms with Gasteiger partial charge in [0.2, 0.25) is 0 Å². The van der Waals surface area contributed by atoms with Crippen LogP contribution in [0.1, 0.15) is 42.6 Å². The number of benzene rings is 1. The molecule has 130 valence electrons. The van der Waals surface area contributed by atoms with Crippen LogP contribution in [-0.2, 0) is 4.74 Å². The van der Waals surface area contributed by atoms with E-state index in [2.05, 4.69) is 24.1 Å². The molecule has 0 saturated carbocycles. The van der Waals surface area contributed by atoms with Crippen LogP contribution in [0.15, 0.2) is 24.3 Å². The number of nitrogens with zero attached hydrogens (tertiary/aromatic N) is 1. The first kappa shape index (κ1) is 16.1. The molecule has 1 amide bonds. The predicted molar refractivity (Wildman–Crippen MR) is 94.0 cm³/mol. The zero-order valence-electron chi connectivity index (χ0n) is 14.9. The van der Waals surface area contributed by atoms with Crippen molar-refractivity contribution in [1.82, 2.24) is 10.2 Å². The van der Waals surface area contributed by atoms with Gasteiger partial charge in [0.25, 0.3) is 5.91 Å². The maximum absolute atomic E-state index is 12.5. The fraction of sp³-hybridized carbons (Fsp3) is 0.650. The summed E-state index contributed by atoms with van der Waals surface area (Å²) < 4.78 is 6.45. The quantitative estimate of drug-likeness (QED) is 0.924. The second-order valence-corrected chi connectivity index (χ2v) is 8.08. The van der Waals surface area contributed by atoms with E-state index in [0.717, 1.165) is 37.2 Å². The van der Waals surface area contributed by atoms with Gasteiger partial charge in [-0.3, -0.25) is 9.69 Å². The fourth-order valence-corrected chi connectivity index (χ4v) is 5.03. The Labute approximate surface area is 144 Å². The van der Waals surface area contributed by atoms with Crippen molar-refractivity contribution in [2.24, 2.45) is 11.8 Å². The number of ether oxygens (including phenoxy) is 1. The van der Waals surface area contributed by atoms with Crippen molar-refractivity contribution >= 4 is 5.91 Å². The van der Waals surface area contributed by atoms with Crippen LogP contribution in [0.3, 0.4) is 0 Å². The fourth-order valence-electron chi connectivity index (χ4n) is 5.03. The molecule has 4 atom stereocenters. The summed E-state index contributed by atoms with van der Waals surface area (Å²) in [6.45, 7) is 9.42. The van der Waals surface area contributed by atoms with Crippen LogP contribution in [0, 0.1) is 18.8 Å². The van der Waals surface area contributed by atoms with Crippen LogP contribution in [0.2, 0.25) is 0 Å². The lowest BCUT2D eigenvalue weighted by molar-refractivity contribution is 0.000223. The number of likely N-dealkylation sites (tertiary alicyclic amines) is 1. The number of rotatable bonds is 4. The van der Waals surface area contributed by atoms with Crippen molar-refractivity contribution in [3.63, 3.8) is 0 Å². The second-order valence-electron chi connectivity index (χ2n) is 8.08. The Morgan fingerprint density at radius 2 is 2.21 bits per heavy atom. The van der Waals surface area contributed by atoms with E-state index in [9.17, 15) is 4.79 Å². The number of hydrogen-bond donors (Lipinski definition) is 1. The summed E-state index contributed by atoms with van der Waals surface area (Å²) in [5.74, 6) is 1.06. The largest absolute Gasteiger partial charge is 0.370 e. The van der Waals surface area contributed by atoms with E-state index in [-0.39, 0.29) is 11.5 Å². The first-order valence-corrected chi connectivity index (χ1v) is 9.26. The molecule has 1 aromatic carbocycles. The molecule has 3 saturated heterocycles. The third-order valence-corrected chi connectivity index (χ3v) is 6.43. The molecule has 4 nitrogen and oxygen atoms in total. The Bertz CT molecular complexity index is 644. The van der Waals surface area contributed by atoms with E-state index in [1.54, 1.807) is 0 Å². The first-order valence-electron chi connectivity index (χ1n) is 9.26. The number of hydrogen-bond acceptors (Lipinski definition) is 3. The molecule has 3 heterocycles. The molecule has 1 aromatic rings. The normalized spacial score (nSPS) is 34.8. The molecule has 0 aromatic heterocycles. The maximum Gasteiger partial charge on any atom is 0.251 e. The first-order chi connectivity index (χ1) is 11.5. The number of amides is 1. The molecule has 3 fully saturated rings. The molecule has 4 rings (SSSR count). The van der Waals surface area contributed by atoms with Gasteiger partial charge in [0, 0.05) is 43.1 Å². The van der Waals surface area contributed by atoms with Crippen molar-refractivity contribution in [2.45, 2.75) is 51.4 Å². The molecule has 24 heavy (non-hydrogen) atoms. The molecule has 2 bridgehead atoms. The van der Waals surface area contributed by atoms with Gasteiger partial charge in [-0.25, -0.2) is 0 Å². The van der Waals surface area contributed by atoms with E-state index in [0.29, 0.717) is 24.0 Å². The Morgan fingerprint density at radius 3 is 2.96 bits per heavy atom. The molecule has 3 aliphatic rings. The van der Waals surface area contributed by atoms with Crippen LogP contribution in [-0.4, -0.2) is 48.2 Å². The van der Waals surface area contributed by atoms with Crippen LogP contribution in [0.4, 0.5) is 0 Å². The molecular weight excluding hydrogens is 300 g/mol. The minimum Gasteiger partial charge on any atom is -0.370 e. The van der Waals surface area contributed by atoms with Crippen LogP contribution in [0.5, 0.6) is 0 Å². The topological polar surface area (TPSA) is 41.6 Å². The van der Waals surface area contributed by atoms with Gasteiger partial charge in [-0.1, -0.05) is 18.2 Å². The van der Waals surface area contributed by atoms with E-state index >= 15 is 0 Å². The van der Waals surface area contributed by atoms with Gasteiger partial charge in [-0.15, -0.1) is 0 Å². The van der Waals surface area contributed by atoms with Crippen LogP contribution < -0.4 is 5.32 Å². The van der Waals surface area contributed by atoms with Gasteiger partial charge in [-0.05, 0) is 45.2 Å². The zero-order valence-corrected chi connectivity index (χ0v) is 14.9. The number of carbonyl (C=O) groups excluding carboxylic acids is 1. The highest BCUT2D eigenvalue weighted by Gasteiger charge is 2.62. The zero-order chi connectivity index (χ0) is 16.9. The summed E-state index contributed by atoms with van der Waals surface area (Å²) in [6, 6.07) is 8.35. The molecule has 0 aliphatic carbocycles. The monoisotopic (exact) mass is 328 g/mol. The molecule has 4 heteroatoms. The number of carbonyl (C=O) groups is 1. The molecule has 1 spiro atoms. The van der Waals surface area contributed by atoms with Crippen molar-refractivity contribution in [2.75, 3.05) is 19.6 Å². The summed E-state index contributed by atoms with van der Waals surface area (Å²) in [7, 11) is 0. The molecule has 0 unspecified atom stereocenters. The lowest BCUT2D eigenvalue weighted by Gasteiger charge is -2.29. The predicted octanol–water partition coefficient (Wildman–Crippen LogP) is 2.61. The number of fused-ring (bicyclic) bond motifs is 1. The number of aryl methyl sites for hydroxylation is 1. The van der Waals surface area contributed by atoms with Gasteiger partial charge in [-0.2, -0.15) is 0 Å². The van der Waals surface area contributed by atoms with E-state index in [4.69, 9.17) is 4.74 Å². The molecule has 0 radical (unpaired) electrons. The van der Waals surface area contributed by atoms with E-state index in [1.807, 2.05) is 31.2 Å². The second kappa shape index (κ2) is 5.85. The highest BCUT2D eigenvalue weighted by Crippen LogP contribution is 2.54. The van der Waals surface area contributed by atoms with E-state index < -0.39 is 0 Å². The van der Waals surface area contributed by atoms with Gasteiger partial charge >= 0.3 is 0 Å². The van der Waals surface area contributed by atoms with Crippen molar-refractivity contribution < 1.29 is 9.53 Å². The average Bonchev–Trinajstić information content (AvgIpc) is 3.21. The Hall–Kier alpha value is -1.39. The third kappa shape index (κ3) is 2.47. The summed E-state index contributed by atoms with van der Waals surface area (Å²) in [5.41, 5.74) is 1.88. The van der Waals surface area contributed by atoms with Crippen molar-refractivity contribution in [3.05, 3.63) is 35.4 Å². The van der Waals surface area contributed by atoms with Gasteiger partial charge in [0.15, 0.2) is 0 Å². The van der Waals surface area contributed by atoms with Gasteiger partial charge < -0.3 is 10.1 Å². The minimum absolute atomic E-state index is 0.0450. The maximum atomic E-state index is 12.5. The Morgan fingerprint density at radius 1 is 1.42 bits per heavy atom.